The highest BCUT2D eigenvalue weighted by atomic mass is 19.1. The van der Waals surface area contributed by atoms with Gasteiger partial charge in [0, 0.05) is 33.1 Å². The highest BCUT2D eigenvalue weighted by Gasteiger charge is 2.10. The third-order valence-corrected chi connectivity index (χ3v) is 2.72. The van der Waals surface area contributed by atoms with E-state index in [1.54, 1.807) is 11.9 Å². The van der Waals surface area contributed by atoms with Crippen LogP contribution in [0.1, 0.15) is 20.3 Å². The third kappa shape index (κ3) is 4.35. The Bertz CT molecular complexity index is 423. The molecule has 0 fully saturated rings. The molecule has 19 heavy (non-hydrogen) atoms. The van der Waals surface area contributed by atoms with Crippen molar-refractivity contribution in [3.05, 3.63) is 12.0 Å². The Labute approximate surface area is 112 Å². The molecule has 0 unspecified atom stereocenters. The molecular formula is C12H20FN5O. The van der Waals surface area contributed by atoms with E-state index < -0.39 is 5.82 Å². The monoisotopic (exact) mass is 269 g/mol. The lowest BCUT2D eigenvalue weighted by Crippen LogP contribution is -2.31. The van der Waals surface area contributed by atoms with Gasteiger partial charge in [0.1, 0.15) is 0 Å². The summed E-state index contributed by atoms with van der Waals surface area (Å²) in [6.07, 6.45) is 1.40. The van der Waals surface area contributed by atoms with Crippen molar-refractivity contribution in [2.45, 2.75) is 20.3 Å². The predicted molar refractivity (Wildman–Crippen MR) is 72.6 cm³/mol. The van der Waals surface area contributed by atoms with Crippen LogP contribution in [0, 0.1) is 5.82 Å². The summed E-state index contributed by atoms with van der Waals surface area (Å²) >= 11 is 0. The SMILES string of the molecule is CCN(CC)C(=O)CCNc1nc(NC)ncc1F. The summed E-state index contributed by atoms with van der Waals surface area (Å²) in [5.41, 5.74) is 0. The first-order chi connectivity index (χ1) is 9.12. The lowest BCUT2D eigenvalue weighted by atomic mass is 10.3. The van der Waals surface area contributed by atoms with Crippen LogP contribution in [0.3, 0.4) is 0 Å². The minimum atomic E-state index is -0.533. The van der Waals surface area contributed by atoms with E-state index in [1.165, 1.54) is 0 Å². The first-order valence-corrected chi connectivity index (χ1v) is 6.34. The zero-order valence-electron chi connectivity index (χ0n) is 11.5. The van der Waals surface area contributed by atoms with Gasteiger partial charge in [-0.2, -0.15) is 4.98 Å². The number of anilines is 2. The Morgan fingerprint density at radius 2 is 2.11 bits per heavy atom. The number of nitrogens with zero attached hydrogens (tertiary/aromatic N) is 3. The van der Waals surface area contributed by atoms with Crippen molar-refractivity contribution in [2.75, 3.05) is 37.3 Å². The highest BCUT2D eigenvalue weighted by Crippen LogP contribution is 2.11. The number of aromatic nitrogens is 2. The second-order valence-corrected chi connectivity index (χ2v) is 3.88. The van der Waals surface area contributed by atoms with E-state index in [9.17, 15) is 9.18 Å². The lowest BCUT2D eigenvalue weighted by molar-refractivity contribution is -0.130. The summed E-state index contributed by atoms with van der Waals surface area (Å²) in [4.78, 5) is 21.2. The van der Waals surface area contributed by atoms with Crippen molar-refractivity contribution >= 4 is 17.7 Å². The average molecular weight is 269 g/mol. The van der Waals surface area contributed by atoms with Crippen LogP contribution >= 0.6 is 0 Å². The Morgan fingerprint density at radius 1 is 1.42 bits per heavy atom. The Balaban J connectivity index is 2.51. The van der Waals surface area contributed by atoms with Gasteiger partial charge in [0.2, 0.25) is 11.9 Å². The first-order valence-electron chi connectivity index (χ1n) is 6.34. The van der Waals surface area contributed by atoms with Crippen LogP contribution in [0.25, 0.3) is 0 Å². The molecule has 106 valence electrons. The second-order valence-electron chi connectivity index (χ2n) is 3.88. The molecule has 0 atom stereocenters. The molecule has 0 saturated heterocycles. The van der Waals surface area contributed by atoms with Crippen LogP contribution < -0.4 is 10.6 Å². The number of rotatable bonds is 7. The number of nitrogens with one attached hydrogen (secondary N) is 2. The summed E-state index contributed by atoms with van der Waals surface area (Å²) in [6.45, 7) is 5.56. The van der Waals surface area contributed by atoms with Crippen molar-refractivity contribution in [3.63, 3.8) is 0 Å². The molecule has 1 aromatic rings. The Hall–Kier alpha value is -1.92. The molecule has 7 heteroatoms. The van der Waals surface area contributed by atoms with Crippen molar-refractivity contribution in [2.24, 2.45) is 0 Å². The van der Waals surface area contributed by atoms with Crippen molar-refractivity contribution in [1.29, 1.82) is 0 Å². The fourth-order valence-electron chi connectivity index (χ4n) is 1.63. The van der Waals surface area contributed by atoms with Gasteiger partial charge >= 0.3 is 0 Å². The van der Waals surface area contributed by atoms with Crippen LogP contribution in [-0.4, -0.2) is 47.5 Å². The van der Waals surface area contributed by atoms with E-state index in [-0.39, 0.29) is 11.7 Å². The molecule has 1 heterocycles. The fraction of sp³-hybridized carbons (Fsp3) is 0.583. The van der Waals surface area contributed by atoms with Crippen molar-refractivity contribution < 1.29 is 9.18 Å². The number of amides is 1. The molecule has 0 aromatic carbocycles. The van der Waals surface area contributed by atoms with Crippen LogP contribution in [0.2, 0.25) is 0 Å². The van der Waals surface area contributed by atoms with Gasteiger partial charge in [-0.05, 0) is 13.8 Å². The largest absolute Gasteiger partial charge is 0.367 e. The van der Waals surface area contributed by atoms with Gasteiger partial charge in [0.05, 0.1) is 6.20 Å². The molecule has 6 nitrogen and oxygen atoms in total. The van der Waals surface area contributed by atoms with Crippen LogP contribution in [0.15, 0.2) is 6.20 Å². The minimum absolute atomic E-state index is 0.0424. The zero-order chi connectivity index (χ0) is 14.3. The summed E-state index contributed by atoms with van der Waals surface area (Å²) < 4.78 is 13.4. The summed E-state index contributed by atoms with van der Waals surface area (Å²) in [5.74, 6) is -0.0549. The maximum Gasteiger partial charge on any atom is 0.224 e. The molecule has 0 aliphatic rings. The standard InChI is InChI=1S/C12H20FN5O/c1-4-18(5-2)10(19)6-7-15-11-9(13)8-16-12(14-3)17-11/h8H,4-7H2,1-3H3,(H2,14,15,16,17). The summed E-state index contributed by atoms with van der Waals surface area (Å²) in [5, 5.41) is 5.53. The van der Waals surface area contributed by atoms with E-state index in [1.807, 2.05) is 13.8 Å². The van der Waals surface area contributed by atoms with E-state index in [4.69, 9.17) is 0 Å². The number of carbonyl (C=O) groups excluding carboxylic acids is 1. The maximum absolute atomic E-state index is 13.4. The quantitative estimate of drug-likeness (QED) is 0.781. The molecule has 0 aliphatic heterocycles. The average Bonchev–Trinajstić information content (AvgIpc) is 2.42. The number of halogens is 1. The molecule has 1 rings (SSSR count). The second kappa shape index (κ2) is 7.50. The van der Waals surface area contributed by atoms with Gasteiger partial charge < -0.3 is 15.5 Å². The van der Waals surface area contributed by atoms with Crippen LogP contribution in [-0.2, 0) is 4.79 Å². The topological polar surface area (TPSA) is 70.2 Å². The van der Waals surface area contributed by atoms with Gasteiger partial charge in [-0.15, -0.1) is 0 Å². The zero-order valence-corrected chi connectivity index (χ0v) is 11.5. The third-order valence-electron chi connectivity index (χ3n) is 2.72. The summed E-state index contributed by atoms with van der Waals surface area (Å²) in [7, 11) is 1.65. The fourth-order valence-corrected chi connectivity index (χ4v) is 1.63. The van der Waals surface area contributed by atoms with Gasteiger partial charge in [-0.1, -0.05) is 0 Å². The predicted octanol–water partition coefficient (Wildman–Crippen LogP) is 1.33. The van der Waals surface area contributed by atoms with Gasteiger partial charge in [0.15, 0.2) is 11.6 Å². The van der Waals surface area contributed by atoms with E-state index >= 15 is 0 Å². The van der Waals surface area contributed by atoms with Crippen LogP contribution in [0.5, 0.6) is 0 Å². The van der Waals surface area contributed by atoms with Crippen molar-refractivity contribution in [3.8, 4) is 0 Å². The van der Waals surface area contributed by atoms with E-state index in [2.05, 4.69) is 20.6 Å². The van der Waals surface area contributed by atoms with Gasteiger partial charge in [0.25, 0.3) is 0 Å². The smallest absolute Gasteiger partial charge is 0.224 e. The molecule has 1 aromatic heterocycles. The molecule has 0 spiro atoms. The molecule has 0 radical (unpaired) electrons. The molecular weight excluding hydrogens is 249 g/mol. The molecule has 0 bridgehead atoms. The van der Waals surface area contributed by atoms with Gasteiger partial charge in [-0.25, -0.2) is 9.37 Å². The molecule has 1 amide bonds. The van der Waals surface area contributed by atoms with Gasteiger partial charge in [-0.3, -0.25) is 4.79 Å². The molecule has 0 saturated carbocycles. The van der Waals surface area contributed by atoms with Crippen LogP contribution in [0.4, 0.5) is 16.2 Å². The Kier molecular flexibility index (Phi) is 5.98. The molecule has 2 N–H and O–H groups in total. The van der Waals surface area contributed by atoms with E-state index in [0.717, 1.165) is 6.20 Å². The molecule has 0 aliphatic carbocycles. The number of hydrogen-bond acceptors (Lipinski definition) is 5. The van der Waals surface area contributed by atoms with E-state index in [0.29, 0.717) is 32.0 Å². The maximum atomic E-state index is 13.4. The number of hydrogen-bond donors (Lipinski definition) is 2. The Morgan fingerprint density at radius 3 is 2.68 bits per heavy atom. The minimum Gasteiger partial charge on any atom is -0.367 e. The lowest BCUT2D eigenvalue weighted by Gasteiger charge is -2.18. The first kappa shape index (κ1) is 15.1. The van der Waals surface area contributed by atoms with Crippen molar-refractivity contribution in [1.82, 2.24) is 14.9 Å². The number of carbonyl (C=O) groups is 1. The normalized spacial score (nSPS) is 10.1. The highest BCUT2D eigenvalue weighted by molar-refractivity contribution is 5.76. The summed E-state index contributed by atoms with van der Waals surface area (Å²) in [6, 6.07) is 0.